The number of hydrogen-bond acceptors (Lipinski definition) is 0. The second-order valence-electron chi connectivity index (χ2n) is 6.20. The molecule has 0 radical (unpaired) electrons. The van der Waals surface area contributed by atoms with E-state index >= 15 is 0 Å². The van der Waals surface area contributed by atoms with Crippen molar-refractivity contribution in [2.45, 2.75) is 44.9 Å². The first-order chi connectivity index (χ1) is 9.11. The molecular formula is C19H22. The van der Waals surface area contributed by atoms with Gasteiger partial charge in [-0.25, -0.2) is 0 Å². The molecule has 1 aliphatic rings. The van der Waals surface area contributed by atoms with Crippen LogP contribution in [-0.2, 0) is 11.8 Å². The van der Waals surface area contributed by atoms with Crippen LogP contribution >= 0.6 is 0 Å². The first-order valence-corrected chi connectivity index (χ1v) is 7.26. The predicted molar refractivity (Wildman–Crippen MR) is 81.7 cm³/mol. The molecule has 19 heavy (non-hydrogen) atoms. The third kappa shape index (κ3) is 2.00. The Labute approximate surface area is 116 Å². The minimum atomic E-state index is 0.266. The SMILES string of the molecule is Cc1ccc(C2(C)CCc3ccccc3C2C)cc1. The van der Waals surface area contributed by atoms with Crippen LogP contribution in [0.1, 0.15) is 48.4 Å². The first kappa shape index (κ1) is 12.5. The van der Waals surface area contributed by atoms with Gasteiger partial charge in [0, 0.05) is 0 Å². The summed E-state index contributed by atoms with van der Waals surface area (Å²) in [5.41, 5.74) is 6.18. The zero-order valence-corrected chi connectivity index (χ0v) is 12.1. The molecule has 0 heterocycles. The summed E-state index contributed by atoms with van der Waals surface area (Å²) in [6.07, 6.45) is 2.44. The normalized spacial score (nSPS) is 25.9. The van der Waals surface area contributed by atoms with Gasteiger partial charge >= 0.3 is 0 Å². The zero-order chi connectivity index (χ0) is 13.5. The van der Waals surface area contributed by atoms with E-state index in [0.29, 0.717) is 5.92 Å². The molecule has 0 bridgehead atoms. The van der Waals surface area contributed by atoms with Crippen molar-refractivity contribution in [1.29, 1.82) is 0 Å². The average Bonchev–Trinajstić information content (AvgIpc) is 2.44. The van der Waals surface area contributed by atoms with Gasteiger partial charge < -0.3 is 0 Å². The summed E-state index contributed by atoms with van der Waals surface area (Å²) < 4.78 is 0. The summed E-state index contributed by atoms with van der Waals surface area (Å²) in [4.78, 5) is 0. The maximum atomic E-state index is 2.43. The summed E-state index contributed by atoms with van der Waals surface area (Å²) in [6, 6.07) is 18.1. The van der Waals surface area contributed by atoms with Crippen LogP contribution in [0.5, 0.6) is 0 Å². The molecule has 0 saturated carbocycles. The minimum absolute atomic E-state index is 0.266. The van der Waals surface area contributed by atoms with Gasteiger partial charge in [0.15, 0.2) is 0 Å². The highest BCUT2D eigenvalue weighted by molar-refractivity contribution is 5.41. The third-order valence-electron chi connectivity index (χ3n) is 5.10. The molecule has 0 saturated heterocycles. The fourth-order valence-corrected chi connectivity index (χ4v) is 3.47. The topological polar surface area (TPSA) is 0 Å². The van der Waals surface area contributed by atoms with Gasteiger partial charge in [0.25, 0.3) is 0 Å². The number of benzene rings is 2. The van der Waals surface area contributed by atoms with Crippen molar-refractivity contribution in [1.82, 2.24) is 0 Å². The first-order valence-electron chi connectivity index (χ1n) is 7.26. The summed E-state index contributed by atoms with van der Waals surface area (Å²) in [6.45, 7) is 6.97. The van der Waals surface area contributed by atoms with Gasteiger partial charge in [0.1, 0.15) is 0 Å². The van der Waals surface area contributed by atoms with Crippen LogP contribution in [0, 0.1) is 6.92 Å². The van der Waals surface area contributed by atoms with Gasteiger partial charge in [-0.2, -0.15) is 0 Å². The summed E-state index contributed by atoms with van der Waals surface area (Å²) in [5, 5.41) is 0. The molecule has 0 nitrogen and oxygen atoms in total. The quantitative estimate of drug-likeness (QED) is 0.668. The maximum Gasteiger partial charge on any atom is -0.000604 e. The lowest BCUT2D eigenvalue weighted by Crippen LogP contribution is -2.33. The fourth-order valence-electron chi connectivity index (χ4n) is 3.47. The molecule has 0 spiro atoms. The highest BCUT2D eigenvalue weighted by Crippen LogP contribution is 2.46. The van der Waals surface area contributed by atoms with Crippen LogP contribution in [0.15, 0.2) is 48.5 Å². The van der Waals surface area contributed by atoms with Crippen LogP contribution in [0.25, 0.3) is 0 Å². The molecule has 0 N–H and O–H groups in total. The molecule has 0 fully saturated rings. The van der Waals surface area contributed by atoms with Gasteiger partial charge in [0.05, 0.1) is 0 Å². The van der Waals surface area contributed by atoms with Gasteiger partial charge in [-0.15, -0.1) is 0 Å². The Morgan fingerprint density at radius 3 is 2.42 bits per heavy atom. The van der Waals surface area contributed by atoms with E-state index in [1.807, 2.05) is 0 Å². The molecule has 0 heteroatoms. The minimum Gasteiger partial charge on any atom is -0.0620 e. The Balaban J connectivity index is 2.04. The second-order valence-corrected chi connectivity index (χ2v) is 6.20. The van der Waals surface area contributed by atoms with Crippen molar-refractivity contribution in [2.24, 2.45) is 0 Å². The molecule has 0 aliphatic heterocycles. The van der Waals surface area contributed by atoms with E-state index < -0.39 is 0 Å². The van der Waals surface area contributed by atoms with Crippen molar-refractivity contribution < 1.29 is 0 Å². The van der Waals surface area contributed by atoms with E-state index in [0.717, 1.165) is 0 Å². The molecule has 3 rings (SSSR count). The van der Waals surface area contributed by atoms with Gasteiger partial charge in [-0.3, -0.25) is 0 Å². The summed E-state index contributed by atoms with van der Waals surface area (Å²) >= 11 is 0. The number of hydrogen-bond donors (Lipinski definition) is 0. The molecule has 2 atom stereocenters. The number of aryl methyl sites for hydroxylation is 2. The van der Waals surface area contributed by atoms with Crippen molar-refractivity contribution in [3.8, 4) is 0 Å². The molecule has 0 aromatic heterocycles. The third-order valence-corrected chi connectivity index (χ3v) is 5.10. The van der Waals surface area contributed by atoms with E-state index in [1.54, 1.807) is 5.56 Å². The lowest BCUT2D eigenvalue weighted by Gasteiger charge is -2.41. The van der Waals surface area contributed by atoms with E-state index in [-0.39, 0.29) is 5.41 Å². The van der Waals surface area contributed by atoms with Gasteiger partial charge in [-0.1, -0.05) is 67.9 Å². The molecule has 1 aliphatic carbocycles. The van der Waals surface area contributed by atoms with Gasteiger partial charge in [-0.05, 0) is 47.8 Å². The molecule has 0 amide bonds. The van der Waals surface area contributed by atoms with Crippen molar-refractivity contribution >= 4 is 0 Å². The lowest BCUT2D eigenvalue weighted by atomic mass is 9.62. The summed E-state index contributed by atoms with van der Waals surface area (Å²) in [5.74, 6) is 0.583. The monoisotopic (exact) mass is 250 g/mol. The Morgan fingerprint density at radius 1 is 1.00 bits per heavy atom. The lowest BCUT2D eigenvalue weighted by molar-refractivity contribution is 0.345. The van der Waals surface area contributed by atoms with Crippen LogP contribution < -0.4 is 0 Å². The Kier molecular flexibility index (Phi) is 2.97. The fraction of sp³-hybridized carbons (Fsp3) is 0.368. The molecule has 98 valence electrons. The number of rotatable bonds is 1. The highest BCUT2D eigenvalue weighted by atomic mass is 14.4. The van der Waals surface area contributed by atoms with Crippen LogP contribution in [0.4, 0.5) is 0 Å². The number of fused-ring (bicyclic) bond motifs is 1. The van der Waals surface area contributed by atoms with E-state index in [1.165, 1.54) is 29.5 Å². The van der Waals surface area contributed by atoms with E-state index in [4.69, 9.17) is 0 Å². The smallest absolute Gasteiger partial charge is 0.000604 e. The van der Waals surface area contributed by atoms with Crippen molar-refractivity contribution in [3.63, 3.8) is 0 Å². The van der Waals surface area contributed by atoms with Gasteiger partial charge in [0.2, 0.25) is 0 Å². The molecule has 2 aromatic carbocycles. The Bertz CT molecular complexity index is 579. The Morgan fingerprint density at radius 2 is 1.68 bits per heavy atom. The van der Waals surface area contributed by atoms with E-state index in [2.05, 4.69) is 69.3 Å². The molecule has 2 unspecified atom stereocenters. The predicted octanol–water partition coefficient (Wildman–Crippen LogP) is 5.00. The molecule has 2 aromatic rings. The summed E-state index contributed by atoms with van der Waals surface area (Å²) in [7, 11) is 0. The standard InChI is InChI=1S/C19H22/c1-14-8-10-17(11-9-14)19(3)13-12-16-6-4-5-7-18(16)15(19)2/h4-11,15H,12-13H2,1-3H3. The second kappa shape index (κ2) is 4.52. The largest absolute Gasteiger partial charge is 0.0620 e. The molecular weight excluding hydrogens is 228 g/mol. The Hall–Kier alpha value is -1.56. The van der Waals surface area contributed by atoms with Crippen LogP contribution in [-0.4, -0.2) is 0 Å². The zero-order valence-electron chi connectivity index (χ0n) is 12.1. The maximum absolute atomic E-state index is 2.43. The van der Waals surface area contributed by atoms with Crippen LogP contribution in [0.2, 0.25) is 0 Å². The highest BCUT2D eigenvalue weighted by Gasteiger charge is 2.37. The van der Waals surface area contributed by atoms with Crippen molar-refractivity contribution in [3.05, 3.63) is 70.8 Å². The van der Waals surface area contributed by atoms with E-state index in [9.17, 15) is 0 Å². The average molecular weight is 250 g/mol. The van der Waals surface area contributed by atoms with Crippen LogP contribution in [0.3, 0.4) is 0 Å². The van der Waals surface area contributed by atoms with Crippen molar-refractivity contribution in [2.75, 3.05) is 0 Å².